The molecule has 2 fully saturated rings. The smallest absolute Gasteiger partial charge is 0.226 e. The van der Waals surface area contributed by atoms with E-state index in [4.69, 9.17) is 14.5 Å². The third-order valence-electron chi connectivity index (χ3n) is 5.79. The van der Waals surface area contributed by atoms with Crippen LogP contribution in [-0.2, 0) is 4.74 Å². The molecular weight excluding hydrogens is 384 g/mol. The number of nitrogens with zero attached hydrogens (tertiary/aromatic N) is 3. The molecule has 1 N–H and O–H groups in total. The van der Waals surface area contributed by atoms with Gasteiger partial charge in [-0.25, -0.2) is 9.97 Å². The second-order valence-electron chi connectivity index (χ2n) is 8.21. The maximum Gasteiger partial charge on any atom is 0.226 e. The van der Waals surface area contributed by atoms with E-state index in [0.29, 0.717) is 31.1 Å². The number of hydrogen-bond donors (Lipinski definition) is 1. The maximum atomic E-state index is 6.17. The van der Waals surface area contributed by atoms with Crippen LogP contribution in [-0.4, -0.2) is 40.3 Å². The molecule has 0 amide bonds. The standard InChI is InChI=1S/C22H26N4O2S/c1-13-3-6-16(7-4-13)25-22-23-10-18(21(26-22)28-17-11-27-12-17)15-5-8-20-19(9-15)24-14(2)29-20/h5,8-10,13,16-17H,3-4,6-7,11-12H2,1-2H3,(H,23,25,26). The highest BCUT2D eigenvalue weighted by molar-refractivity contribution is 7.18. The van der Waals surface area contributed by atoms with Crippen molar-refractivity contribution in [1.29, 1.82) is 0 Å². The summed E-state index contributed by atoms with van der Waals surface area (Å²) in [5.74, 6) is 2.08. The van der Waals surface area contributed by atoms with Gasteiger partial charge in [0.25, 0.3) is 0 Å². The number of aromatic nitrogens is 3. The third-order valence-corrected chi connectivity index (χ3v) is 6.75. The van der Waals surface area contributed by atoms with E-state index in [1.165, 1.54) is 30.4 Å². The van der Waals surface area contributed by atoms with Crippen LogP contribution in [0, 0.1) is 12.8 Å². The Balaban J connectivity index is 1.44. The summed E-state index contributed by atoms with van der Waals surface area (Å²) in [7, 11) is 0. The van der Waals surface area contributed by atoms with E-state index in [1.807, 2.05) is 13.1 Å². The van der Waals surface area contributed by atoms with Crippen molar-refractivity contribution in [3.63, 3.8) is 0 Å². The Hall–Kier alpha value is -2.25. The van der Waals surface area contributed by atoms with Crippen LogP contribution in [0.2, 0.25) is 0 Å². The van der Waals surface area contributed by atoms with E-state index < -0.39 is 0 Å². The van der Waals surface area contributed by atoms with Gasteiger partial charge in [0.2, 0.25) is 11.8 Å². The minimum atomic E-state index is 0.0530. The van der Waals surface area contributed by atoms with E-state index in [9.17, 15) is 0 Å². The number of hydrogen-bond acceptors (Lipinski definition) is 7. The van der Waals surface area contributed by atoms with E-state index in [0.717, 1.165) is 27.6 Å². The molecule has 0 spiro atoms. The number of anilines is 1. The first-order valence-corrected chi connectivity index (χ1v) is 11.2. The quantitative estimate of drug-likeness (QED) is 0.650. The fraction of sp³-hybridized carbons (Fsp3) is 0.500. The van der Waals surface area contributed by atoms with E-state index in [1.54, 1.807) is 11.3 Å². The Bertz CT molecular complexity index is 1010. The monoisotopic (exact) mass is 410 g/mol. The van der Waals surface area contributed by atoms with Crippen molar-refractivity contribution >= 4 is 27.5 Å². The SMILES string of the molecule is Cc1nc2cc(-c3cnc(NC4CCC(C)CC4)nc3OC3COC3)ccc2s1. The predicted octanol–water partition coefficient (Wildman–Crippen LogP) is 4.83. The highest BCUT2D eigenvalue weighted by Gasteiger charge is 2.24. The van der Waals surface area contributed by atoms with Crippen LogP contribution in [0.25, 0.3) is 21.3 Å². The van der Waals surface area contributed by atoms with Gasteiger partial charge in [0.1, 0.15) is 6.10 Å². The lowest BCUT2D eigenvalue weighted by Gasteiger charge is -2.28. The molecule has 1 aliphatic carbocycles. The van der Waals surface area contributed by atoms with Crippen molar-refractivity contribution in [1.82, 2.24) is 15.0 Å². The first-order chi connectivity index (χ1) is 14.1. The number of aryl methyl sites for hydroxylation is 1. The van der Waals surface area contributed by atoms with Gasteiger partial charge >= 0.3 is 0 Å². The molecule has 0 bridgehead atoms. The van der Waals surface area contributed by atoms with Crippen LogP contribution in [0.1, 0.15) is 37.6 Å². The second-order valence-corrected chi connectivity index (χ2v) is 9.44. The van der Waals surface area contributed by atoms with Crippen molar-refractivity contribution in [3.05, 3.63) is 29.4 Å². The Morgan fingerprint density at radius 1 is 1.14 bits per heavy atom. The molecule has 0 atom stereocenters. The molecule has 1 saturated carbocycles. The lowest BCUT2D eigenvalue weighted by Crippen LogP contribution is -2.39. The van der Waals surface area contributed by atoms with Crippen molar-refractivity contribution in [2.45, 2.75) is 51.7 Å². The van der Waals surface area contributed by atoms with Gasteiger partial charge in [0.05, 0.1) is 34.0 Å². The molecule has 3 heterocycles. The number of rotatable bonds is 5. The minimum absolute atomic E-state index is 0.0530. The topological polar surface area (TPSA) is 69.2 Å². The van der Waals surface area contributed by atoms with Crippen LogP contribution in [0.3, 0.4) is 0 Å². The molecule has 1 saturated heterocycles. The summed E-state index contributed by atoms with van der Waals surface area (Å²) in [5, 5.41) is 4.59. The molecule has 1 aliphatic heterocycles. The number of ether oxygens (including phenoxy) is 2. The summed E-state index contributed by atoms with van der Waals surface area (Å²) in [6.45, 7) is 5.58. The van der Waals surface area contributed by atoms with Gasteiger partial charge in [-0.15, -0.1) is 11.3 Å². The van der Waals surface area contributed by atoms with Gasteiger partial charge in [0.15, 0.2) is 0 Å². The summed E-state index contributed by atoms with van der Waals surface area (Å²) in [4.78, 5) is 14.0. The van der Waals surface area contributed by atoms with Crippen molar-refractivity contribution in [2.75, 3.05) is 18.5 Å². The Morgan fingerprint density at radius 2 is 1.97 bits per heavy atom. The Labute approximate surface area is 174 Å². The maximum absolute atomic E-state index is 6.17. The molecular formula is C22H26N4O2S. The highest BCUT2D eigenvalue weighted by Crippen LogP contribution is 2.34. The third kappa shape index (κ3) is 4.07. The van der Waals surface area contributed by atoms with Crippen LogP contribution in [0.4, 0.5) is 5.95 Å². The van der Waals surface area contributed by atoms with Crippen LogP contribution < -0.4 is 10.1 Å². The molecule has 5 rings (SSSR count). The number of benzene rings is 1. The molecule has 1 aromatic carbocycles. The number of fused-ring (bicyclic) bond motifs is 1. The highest BCUT2D eigenvalue weighted by atomic mass is 32.1. The van der Waals surface area contributed by atoms with Gasteiger partial charge in [-0.2, -0.15) is 4.98 Å². The van der Waals surface area contributed by atoms with Gasteiger partial charge in [-0.1, -0.05) is 13.0 Å². The minimum Gasteiger partial charge on any atom is -0.469 e. The summed E-state index contributed by atoms with van der Waals surface area (Å²) in [6, 6.07) is 6.74. The average molecular weight is 411 g/mol. The molecule has 7 heteroatoms. The van der Waals surface area contributed by atoms with Crippen molar-refractivity contribution in [2.24, 2.45) is 5.92 Å². The molecule has 0 radical (unpaired) electrons. The van der Waals surface area contributed by atoms with Crippen LogP contribution >= 0.6 is 11.3 Å². The lowest BCUT2D eigenvalue weighted by molar-refractivity contribution is -0.0810. The van der Waals surface area contributed by atoms with Gasteiger partial charge in [-0.05, 0) is 56.2 Å². The van der Waals surface area contributed by atoms with Gasteiger partial charge < -0.3 is 14.8 Å². The molecule has 3 aromatic rings. The summed E-state index contributed by atoms with van der Waals surface area (Å²) in [5.41, 5.74) is 2.92. The number of nitrogens with one attached hydrogen (secondary N) is 1. The largest absolute Gasteiger partial charge is 0.469 e. The second kappa shape index (κ2) is 7.88. The zero-order valence-electron chi connectivity index (χ0n) is 16.9. The zero-order valence-corrected chi connectivity index (χ0v) is 17.7. The fourth-order valence-corrected chi connectivity index (χ4v) is 4.77. The van der Waals surface area contributed by atoms with Crippen molar-refractivity contribution in [3.8, 4) is 17.0 Å². The van der Waals surface area contributed by atoms with Gasteiger partial charge in [-0.3, -0.25) is 0 Å². The van der Waals surface area contributed by atoms with Crippen LogP contribution in [0.15, 0.2) is 24.4 Å². The number of thiazole rings is 1. The Morgan fingerprint density at radius 3 is 2.72 bits per heavy atom. The van der Waals surface area contributed by atoms with E-state index >= 15 is 0 Å². The Kier molecular flexibility index (Phi) is 5.09. The molecule has 2 aromatic heterocycles. The lowest BCUT2D eigenvalue weighted by atomic mass is 9.87. The van der Waals surface area contributed by atoms with Crippen molar-refractivity contribution < 1.29 is 9.47 Å². The normalized spacial score (nSPS) is 22.4. The van der Waals surface area contributed by atoms with Crippen LogP contribution in [0.5, 0.6) is 5.88 Å². The first-order valence-electron chi connectivity index (χ1n) is 10.4. The summed E-state index contributed by atoms with van der Waals surface area (Å²) < 4.78 is 12.6. The zero-order chi connectivity index (χ0) is 19.8. The fourth-order valence-electron chi connectivity index (χ4n) is 3.96. The molecule has 0 unspecified atom stereocenters. The van der Waals surface area contributed by atoms with E-state index in [-0.39, 0.29) is 6.10 Å². The average Bonchev–Trinajstić information content (AvgIpc) is 3.06. The molecule has 2 aliphatic rings. The molecule has 152 valence electrons. The summed E-state index contributed by atoms with van der Waals surface area (Å²) >= 11 is 1.71. The molecule has 29 heavy (non-hydrogen) atoms. The predicted molar refractivity (Wildman–Crippen MR) is 116 cm³/mol. The van der Waals surface area contributed by atoms with E-state index in [2.05, 4.69) is 40.4 Å². The van der Waals surface area contributed by atoms with Gasteiger partial charge in [0, 0.05) is 12.2 Å². The summed E-state index contributed by atoms with van der Waals surface area (Å²) in [6.07, 6.45) is 6.77. The molecule has 6 nitrogen and oxygen atoms in total. The first kappa shape index (κ1) is 18.8.